The number of fused-ring (bicyclic) bond motifs is 1. The first-order valence-electron chi connectivity index (χ1n) is 11.9. The van der Waals surface area contributed by atoms with E-state index in [4.69, 9.17) is 4.42 Å². The number of Topliss-reactive ketones (excluding diaryl/α,β-unsaturated/α-hetero) is 1. The SMILES string of the molecule is CCc1cc2c(C(=O)NC)c(-c3ccc(F)cc3)oc2nc1N(CCCC1C(=O)CCS1(=O)=O)S(C)=O. The molecule has 2 atom stereocenters. The van der Waals surface area contributed by atoms with E-state index in [2.05, 4.69) is 10.3 Å². The Bertz CT molecular complexity index is 1480. The van der Waals surface area contributed by atoms with Crippen LogP contribution in [0.4, 0.5) is 10.2 Å². The highest BCUT2D eigenvalue weighted by atomic mass is 32.2. The van der Waals surface area contributed by atoms with Crippen molar-refractivity contribution in [3.8, 4) is 11.3 Å². The zero-order valence-corrected chi connectivity index (χ0v) is 22.4. The smallest absolute Gasteiger partial charge is 0.255 e. The van der Waals surface area contributed by atoms with Gasteiger partial charge in [-0.2, -0.15) is 4.98 Å². The lowest BCUT2D eigenvalue weighted by Crippen LogP contribution is -2.30. The second-order valence-corrected chi connectivity index (χ2v) is 12.4. The molecule has 4 rings (SSSR count). The largest absolute Gasteiger partial charge is 0.437 e. The number of nitrogens with one attached hydrogen (secondary N) is 1. The van der Waals surface area contributed by atoms with E-state index >= 15 is 0 Å². The number of aromatic nitrogens is 1. The zero-order valence-electron chi connectivity index (χ0n) is 20.7. The van der Waals surface area contributed by atoms with Crippen molar-refractivity contribution in [3.05, 3.63) is 47.3 Å². The molecule has 2 aromatic heterocycles. The van der Waals surface area contributed by atoms with Gasteiger partial charge in [0.2, 0.25) is 5.71 Å². The number of pyridine rings is 1. The molecule has 0 radical (unpaired) electrons. The summed E-state index contributed by atoms with van der Waals surface area (Å²) in [7, 11) is -3.46. The van der Waals surface area contributed by atoms with Gasteiger partial charge in [-0.1, -0.05) is 6.92 Å². The molecular formula is C25H28FN3O6S2. The normalized spacial score (nSPS) is 17.7. The van der Waals surface area contributed by atoms with E-state index in [-0.39, 0.29) is 48.0 Å². The first-order valence-corrected chi connectivity index (χ1v) is 15.1. The number of aryl methyl sites for hydroxylation is 1. The summed E-state index contributed by atoms with van der Waals surface area (Å²) in [6.07, 6.45) is 2.50. The van der Waals surface area contributed by atoms with E-state index in [9.17, 15) is 26.6 Å². The number of hydrogen-bond donors (Lipinski definition) is 1. The maximum atomic E-state index is 13.5. The molecule has 198 valence electrons. The topological polar surface area (TPSA) is 127 Å². The molecule has 2 unspecified atom stereocenters. The number of furan rings is 1. The lowest BCUT2D eigenvalue weighted by Gasteiger charge is -2.23. The number of benzene rings is 1. The highest BCUT2D eigenvalue weighted by molar-refractivity contribution is 7.93. The van der Waals surface area contributed by atoms with Crippen LogP contribution in [-0.4, -0.2) is 60.2 Å². The van der Waals surface area contributed by atoms with Gasteiger partial charge in [0, 0.05) is 31.8 Å². The fourth-order valence-corrected chi connectivity index (χ4v) is 7.15. The molecule has 3 aromatic rings. The van der Waals surface area contributed by atoms with Crippen molar-refractivity contribution in [1.82, 2.24) is 10.3 Å². The van der Waals surface area contributed by atoms with Gasteiger partial charge < -0.3 is 9.73 Å². The molecule has 9 nitrogen and oxygen atoms in total. The molecule has 1 fully saturated rings. The predicted molar refractivity (Wildman–Crippen MR) is 140 cm³/mol. The number of sulfone groups is 1. The van der Waals surface area contributed by atoms with E-state index in [1.165, 1.54) is 37.6 Å². The van der Waals surface area contributed by atoms with Crippen molar-refractivity contribution in [2.45, 2.75) is 37.9 Å². The predicted octanol–water partition coefficient (Wildman–Crippen LogP) is 3.19. The summed E-state index contributed by atoms with van der Waals surface area (Å²) in [5.74, 6) is -0.602. The molecular weight excluding hydrogens is 521 g/mol. The lowest BCUT2D eigenvalue weighted by molar-refractivity contribution is -0.117. The number of rotatable bonds is 9. The molecule has 1 N–H and O–H groups in total. The molecule has 1 amide bonds. The van der Waals surface area contributed by atoms with Crippen molar-refractivity contribution in [1.29, 1.82) is 0 Å². The first kappa shape index (κ1) is 26.9. The molecule has 0 spiro atoms. The van der Waals surface area contributed by atoms with Crippen LogP contribution in [0.2, 0.25) is 0 Å². The van der Waals surface area contributed by atoms with Gasteiger partial charge in [0.05, 0.1) is 16.7 Å². The van der Waals surface area contributed by atoms with Gasteiger partial charge >= 0.3 is 0 Å². The third kappa shape index (κ3) is 5.30. The Hall–Kier alpha value is -3.12. The minimum atomic E-state index is -3.44. The molecule has 0 bridgehead atoms. The van der Waals surface area contributed by atoms with Crippen LogP contribution in [-0.2, 0) is 32.0 Å². The summed E-state index contributed by atoms with van der Waals surface area (Å²) < 4.78 is 58.1. The average Bonchev–Trinajstić information content (AvgIpc) is 3.36. The van der Waals surface area contributed by atoms with Gasteiger partial charge in [-0.25, -0.2) is 17.0 Å². The quantitative estimate of drug-likeness (QED) is 0.434. The average molecular weight is 550 g/mol. The van der Waals surface area contributed by atoms with E-state index in [1.54, 1.807) is 10.4 Å². The molecule has 1 saturated heterocycles. The van der Waals surface area contributed by atoms with Crippen LogP contribution in [0.3, 0.4) is 0 Å². The minimum Gasteiger partial charge on any atom is -0.437 e. The summed E-state index contributed by atoms with van der Waals surface area (Å²) in [6, 6.07) is 7.32. The highest BCUT2D eigenvalue weighted by Crippen LogP contribution is 2.36. The zero-order chi connectivity index (χ0) is 26.9. The van der Waals surface area contributed by atoms with E-state index < -0.39 is 37.8 Å². The van der Waals surface area contributed by atoms with Crippen LogP contribution in [0.1, 0.15) is 42.1 Å². The fourth-order valence-electron chi connectivity index (χ4n) is 4.55. The van der Waals surface area contributed by atoms with Crippen molar-refractivity contribution in [3.63, 3.8) is 0 Å². The molecule has 1 aliphatic heterocycles. The van der Waals surface area contributed by atoms with Crippen molar-refractivity contribution in [2.24, 2.45) is 0 Å². The maximum absolute atomic E-state index is 13.5. The van der Waals surface area contributed by atoms with Crippen LogP contribution in [0.15, 0.2) is 34.7 Å². The molecule has 3 heterocycles. The summed E-state index contributed by atoms with van der Waals surface area (Å²) >= 11 is 0. The fraction of sp³-hybridized carbons (Fsp3) is 0.400. The van der Waals surface area contributed by atoms with Gasteiger partial charge in [-0.3, -0.25) is 13.9 Å². The van der Waals surface area contributed by atoms with Gasteiger partial charge in [-0.15, -0.1) is 0 Å². The number of halogens is 1. The van der Waals surface area contributed by atoms with Crippen LogP contribution >= 0.6 is 0 Å². The highest BCUT2D eigenvalue weighted by Gasteiger charge is 2.38. The summed E-state index contributed by atoms with van der Waals surface area (Å²) in [6.45, 7) is 2.11. The Labute approximate surface area is 216 Å². The number of carbonyl (C=O) groups is 2. The van der Waals surface area contributed by atoms with Crippen LogP contribution in [0, 0.1) is 5.82 Å². The third-order valence-electron chi connectivity index (χ3n) is 6.48. The van der Waals surface area contributed by atoms with Gasteiger partial charge in [0.15, 0.2) is 15.6 Å². The van der Waals surface area contributed by atoms with E-state index in [0.717, 1.165) is 0 Å². The van der Waals surface area contributed by atoms with Gasteiger partial charge in [-0.05, 0) is 55.2 Å². The van der Waals surface area contributed by atoms with Crippen LogP contribution in [0.5, 0.6) is 0 Å². The van der Waals surface area contributed by atoms with E-state index in [0.29, 0.717) is 35.2 Å². The number of carbonyl (C=O) groups excluding carboxylic acids is 2. The molecule has 1 aliphatic rings. The van der Waals surface area contributed by atoms with Crippen molar-refractivity contribution >= 4 is 49.4 Å². The maximum Gasteiger partial charge on any atom is 0.255 e. The Kier molecular flexibility index (Phi) is 7.79. The van der Waals surface area contributed by atoms with Crippen molar-refractivity contribution in [2.75, 3.05) is 29.9 Å². The Balaban J connectivity index is 1.74. The molecule has 0 aliphatic carbocycles. The molecule has 12 heteroatoms. The summed E-state index contributed by atoms with van der Waals surface area (Å²) in [5, 5.41) is 2.05. The second-order valence-electron chi connectivity index (χ2n) is 8.81. The van der Waals surface area contributed by atoms with Crippen molar-refractivity contribution < 1.29 is 31.0 Å². The van der Waals surface area contributed by atoms with Crippen LogP contribution in [0.25, 0.3) is 22.4 Å². The molecule has 37 heavy (non-hydrogen) atoms. The van der Waals surface area contributed by atoms with Gasteiger partial charge in [0.1, 0.15) is 33.6 Å². The number of amides is 1. The number of nitrogens with zero attached hydrogens (tertiary/aromatic N) is 2. The summed E-state index contributed by atoms with van der Waals surface area (Å²) in [4.78, 5) is 29.5. The van der Waals surface area contributed by atoms with Gasteiger partial charge in [0.25, 0.3) is 5.91 Å². The number of anilines is 1. The number of hydrogen-bond acceptors (Lipinski definition) is 7. The second kappa shape index (κ2) is 10.7. The standard InChI is InChI=1S/C25H28FN3O6S2/c1-4-15-14-18-21(24(31)27-2)22(16-7-9-17(26)10-8-16)35-25(18)28-23(15)29(36(3)32)12-5-6-20-19(30)11-13-37(20,33)34/h7-10,14,20H,4-6,11-13H2,1-3H3,(H,27,31). The van der Waals surface area contributed by atoms with Crippen LogP contribution < -0.4 is 9.62 Å². The minimum absolute atomic E-state index is 0.0389. The monoisotopic (exact) mass is 549 g/mol. The Morgan fingerprint density at radius 1 is 1.30 bits per heavy atom. The molecule has 0 saturated carbocycles. The Morgan fingerprint density at radius 3 is 2.57 bits per heavy atom. The van der Waals surface area contributed by atoms with E-state index in [1.807, 2.05) is 6.92 Å². The third-order valence-corrected chi connectivity index (χ3v) is 9.59. The number of ketones is 1. The first-order chi connectivity index (χ1) is 17.6. The summed E-state index contributed by atoms with van der Waals surface area (Å²) in [5.41, 5.74) is 1.61. The lowest BCUT2D eigenvalue weighted by atomic mass is 10.0. The molecule has 1 aromatic carbocycles. The Morgan fingerprint density at radius 2 is 2.00 bits per heavy atom.